The second kappa shape index (κ2) is 6.78. The van der Waals surface area contributed by atoms with Crippen LogP contribution in [-0.2, 0) is 6.54 Å². The van der Waals surface area contributed by atoms with Crippen molar-refractivity contribution in [1.82, 2.24) is 24.6 Å². The number of rotatable bonds is 5. The van der Waals surface area contributed by atoms with Gasteiger partial charge in [0.1, 0.15) is 11.8 Å². The van der Waals surface area contributed by atoms with Crippen molar-refractivity contribution in [3.63, 3.8) is 0 Å². The molecule has 1 fully saturated rings. The number of amides is 1. The zero-order chi connectivity index (χ0) is 18.1. The van der Waals surface area contributed by atoms with Gasteiger partial charge in [0, 0.05) is 24.9 Å². The van der Waals surface area contributed by atoms with Crippen LogP contribution in [0.2, 0.25) is 0 Å². The van der Waals surface area contributed by atoms with Crippen LogP contribution in [0.5, 0.6) is 0 Å². The molecule has 0 radical (unpaired) electrons. The molecule has 8 heteroatoms. The third-order valence-corrected chi connectivity index (χ3v) is 4.54. The van der Waals surface area contributed by atoms with Crippen LogP contribution in [0.4, 0.5) is 0 Å². The lowest BCUT2D eigenvalue weighted by atomic mass is 10.2. The second-order valence-electron chi connectivity index (χ2n) is 6.80. The Balaban J connectivity index is 1.50. The molecule has 0 aliphatic carbocycles. The third kappa shape index (κ3) is 3.14. The lowest BCUT2D eigenvalue weighted by Crippen LogP contribution is -2.30. The minimum Gasteiger partial charge on any atom is -0.454 e. The van der Waals surface area contributed by atoms with Crippen LogP contribution in [0, 0.1) is 0 Å². The minimum absolute atomic E-state index is 0.145. The summed E-state index contributed by atoms with van der Waals surface area (Å²) in [7, 11) is 0. The Morgan fingerprint density at radius 3 is 3.00 bits per heavy atom. The lowest BCUT2D eigenvalue weighted by molar-refractivity contribution is 0.0675. The number of aromatic nitrogens is 4. The predicted octanol–water partition coefficient (Wildman–Crippen LogP) is 3.01. The smallest absolute Gasteiger partial charge is 0.290 e. The molecule has 136 valence electrons. The zero-order valence-corrected chi connectivity index (χ0v) is 14.8. The van der Waals surface area contributed by atoms with E-state index in [1.165, 1.54) is 0 Å². The zero-order valence-electron chi connectivity index (χ0n) is 14.8. The van der Waals surface area contributed by atoms with E-state index in [1.54, 1.807) is 23.5 Å². The molecule has 0 aromatic carbocycles. The highest BCUT2D eigenvalue weighted by Gasteiger charge is 2.35. The first kappa shape index (κ1) is 16.6. The first-order chi connectivity index (χ1) is 12.6. The van der Waals surface area contributed by atoms with Crippen LogP contribution >= 0.6 is 0 Å². The van der Waals surface area contributed by atoms with Gasteiger partial charge in [-0.25, -0.2) is 4.98 Å². The number of imidazole rings is 1. The van der Waals surface area contributed by atoms with Crippen molar-refractivity contribution in [2.24, 2.45) is 0 Å². The van der Waals surface area contributed by atoms with E-state index < -0.39 is 0 Å². The summed E-state index contributed by atoms with van der Waals surface area (Å²) in [6.07, 6.45) is 6.98. The van der Waals surface area contributed by atoms with Crippen LogP contribution in [0.25, 0.3) is 0 Å². The molecule has 4 heterocycles. The fraction of sp³-hybridized carbons (Fsp3) is 0.444. The fourth-order valence-electron chi connectivity index (χ4n) is 3.16. The van der Waals surface area contributed by atoms with Crippen molar-refractivity contribution >= 4 is 5.91 Å². The van der Waals surface area contributed by atoms with E-state index in [0.29, 0.717) is 36.3 Å². The van der Waals surface area contributed by atoms with Gasteiger partial charge >= 0.3 is 0 Å². The maximum Gasteiger partial charge on any atom is 0.290 e. The van der Waals surface area contributed by atoms with Gasteiger partial charge in [0.2, 0.25) is 5.89 Å². The van der Waals surface area contributed by atoms with Gasteiger partial charge in [0.15, 0.2) is 11.6 Å². The summed E-state index contributed by atoms with van der Waals surface area (Å²) in [6, 6.07) is 3.35. The van der Waals surface area contributed by atoms with E-state index in [-0.39, 0.29) is 17.9 Å². The summed E-state index contributed by atoms with van der Waals surface area (Å²) in [5.74, 6) is 2.25. The molecule has 0 saturated carbocycles. The monoisotopic (exact) mass is 355 g/mol. The number of hydrogen-bond acceptors (Lipinski definition) is 6. The molecule has 1 aliphatic rings. The maximum absolute atomic E-state index is 12.9. The van der Waals surface area contributed by atoms with Gasteiger partial charge in [-0.15, -0.1) is 0 Å². The molecule has 1 atom stereocenters. The van der Waals surface area contributed by atoms with Crippen molar-refractivity contribution in [2.45, 2.75) is 45.2 Å². The van der Waals surface area contributed by atoms with Crippen LogP contribution in [0.3, 0.4) is 0 Å². The van der Waals surface area contributed by atoms with Gasteiger partial charge in [-0.3, -0.25) is 4.79 Å². The average molecular weight is 355 g/mol. The largest absolute Gasteiger partial charge is 0.454 e. The van der Waals surface area contributed by atoms with E-state index in [9.17, 15) is 4.79 Å². The Kier molecular flexibility index (Phi) is 4.32. The maximum atomic E-state index is 12.9. The van der Waals surface area contributed by atoms with Gasteiger partial charge < -0.3 is 18.4 Å². The normalized spacial score (nSPS) is 17.3. The number of carbonyl (C=O) groups is 1. The topological polar surface area (TPSA) is 90.2 Å². The van der Waals surface area contributed by atoms with Gasteiger partial charge in [-0.2, -0.15) is 4.98 Å². The van der Waals surface area contributed by atoms with Crippen molar-refractivity contribution in [3.05, 3.63) is 54.1 Å². The van der Waals surface area contributed by atoms with E-state index in [1.807, 2.05) is 30.7 Å². The van der Waals surface area contributed by atoms with Crippen molar-refractivity contribution in [3.8, 4) is 0 Å². The molecule has 3 aromatic heterocycles. The number of furan rings is 1. The number of carbonyl (C=O) groups excluding carboxylic acids is 1. The molecular formula is C18H21N5O3. The van der Waals surface area contributed by atoms with Crippen LogP contribution in [0.1, 0.15) is 66.7 Å². The van der Waals surface area contributed by atoms with E-state index in [4.69, 9.17) is 8.94 Å². The van der Waals surface area contributed by atoms with Crippen LogP contribution < -0.4 is 0 Å². The molecule has 26 heavy (non-hydrogen) atoms. The molecule has 0 unspecified atom stereocenters. The first-order valence-corrected chi connectivity index (χ1v) is 8.80. The number of likely N-dealkylation sites (tertiary alicyclic amines) is 1. The Bertz CT molecular complexity index is 880. The molecule has 1 amide bonds. The second-order valence-corrected chi connectivity index (χ2v) is 6.80. The van der Waals surface area contributed by atoms with E-state index in [0.717, 1.165) is 12.8 Å². The SMILES string of the molecule is CC(C)c1noc([C@@H]2CCCN2C(=O)c2ccc(Cn3ccnc3)o2)n1. The Hall–Kier alpha value is -2.90. The summed E-state index contributed by atoms with van der Waals surface area (Å²) in [5.41, 5.74) is 0. The summed E-state index contributed by atoms with van der Waals surface area (Å²) >= 11 is 0. The molecule has 4 rings (SSSR count). The number of nitrogens with zero attached hydrogens (tertiary/aromatic N) is 5. The highest BCUT2D eigenvalue weighted by atomic mass is 16.5. The standard InChI is InChI=1S/C18H21N5O3/c1-12(2)16-20-17(26-21-16)14-4-3-8-23(14)18(24)15-6-5-13(25-15)10-22-9-7-19-11-22/h5-7,9,11-12,14H,3-4,8,10H2,1-2H3/t14-/m0/s1. The molecule has 1 aliphatic heterocycles. The van der Waals surface area contributed by atoms with E-state index >= 15 is 0 Å². The van der Waals surface area contributed by atoms with Gasteiger partial charge in [0.25, 0.3) is 5.91 Å². The quantitative estimate of drug-likeness (QED) is 0.699. The summed E-state index contributed by atoms with van der Waals surface area (Å²) < 4.78 is 13.0. The Morgan fingerprint density at radius 2 is 2.27 bits per heavy atom. The molecular weight excluding hydrogens is 334 g/mol. The summed E-state index contributed by atoms with van der Waals surface area (Å²) in [6.45, 7) is 5.21. The van der Waals surface area contributed by atoms with Crippen molar-refractivity contribution < 1.29 is 13.7 Å². The summed E-state index contributed by atoms with van der Waals surface area (Å²) in [5, 5.41) is 4.02. The molecule has 0 N–H and O–H groups in total. The molecule has 8 nitrogen and oxygen atoms in total. The highest BCUT2D eigenvalue weighted by Crippen LogP contribution is 2.33. The van der Waals surface area contributed by atoms with Crippen LogP contribution in [0.15, 0.2) is 39.8 Å². The van der Waals surface area contributed by atoms with Crippen molar-refractivity contribution in [1.29, 1.82) is 0 Å². The van der Waals surface area contributed by atoms with Gasteiger partial charge in [-0.1, -0.05) is 19.0 Å². The number of hydrogen-bond donors (Lipinski definition) is 0. The van der Waals surface area contributed by atoms with Gasteiger partial charge in [-0.05, 0) is 25.0 Å². The Morgan fingerprint density at radius 1 is 1.38 bits per heavy atom. The third-order valence-electron chi connectivity index (χ3n) is 4.54. The van der Waals surface area contributed by atoms with Gasteiger partial charge in [0.05, 0.1) is 12.9 Å². The average Bonchev–Trinajstić information content (AvgIpc) is 3.40. The summed E-state index contributed by atoms with van der Waals surface area (Å²) in [4.78, 5) is 23.1. The molecule has 1 saturated heterocycles. The molecule has 3 aromatic rings. The highest BCUT2D eigenvalue weighted by molar-refractivity contribution is 5.92. The molecule has 0 bridgehead atoms. The lowest BCUT2D eigenvalue weighted by Gasteiger charge is -2.20. The van der Waals surface area contributed by atoms with Crippen molar-refractivity contribution in [2.75, 3.05) is 6.54 Å². The molecule has 0 spiro atoms. The van der Waals surface area contributed by atoms with E-state index in [2.05, 4.69) is 15.1 Å². The fourth-order valence-corrected chi connectivity index (χ4v) is 3.16. The Labute approximate surface area is 150 Å². The first-order valence-electron chi connectivity index (χ1n) is 8.80. The van der Waals surface area contributed by atoms with Crippen LogP contribution in [-0.4, -0.2) is 37.0 Å². The predicted molar refractivity (Wildman–Crippen MR) is 91.4 cm³/mol. The minimum atomic E-state index is -0.190.